The normalized spacial score (nSPS) is 14.0. The Bertz CT molecular complexity index is 1740. The Balaban J connectivity index is 1.03. The summed E-state index contributed by atoms with van der Waals surface area (Å²) in [6, 6.07) is 25.7. The average Bonchev–Trinajstić information content (AvgIpc) is 3.76. The fourth-order valence-corrected chi connectivity index (χ4v) is 6.07. The summed E-state index contributed by atoms with van der Waals surface area (Å²) in [4.78, 5) is 10.6. The van der Waals surface area contributed by atoms with Gasteiger partial charge in [-0.25, -0.2) is 4.98 Å². The van der Waals surface area contributed by atoms with Crippen LogP contribution in [0.25, 0.3) is 20.8 Å². The zero-order chi connectivity index (χ0) is 31.2. The molecule has 2 heterocycles. The van der Waals surface area contributed by atoms with E-state index in [2.05, 4.69) is 11.2 Å². The van der Waals surface area contributed by atoms with E-state index in [1.165, 1.54) is 4.70 Å². The van der Waals surface area contributed by atoms with Gasteiger partial charge in [-0.2, -0.15) is 0 Å². The molecule has 0 aliphatic carbocycles. The molecule has 0 saturated carbocycles. The van der Waals surface area contributed by atoms with Crippen LogP contribution in [-0.4, -0.2) is 52.3 Å². The number of ether oxygens (including phenoxy) is 6. The van der Waals surface area contributed by atoms with E-state index in [0.717, 1.165) is 38.7 Å². The number of fused-ring (bicyclic) bond motifs is 1. The van der Waals surface area contributed by atoms with Gasteiger partial charge in [0, 0.05) is 24.0 Å². The number of rotatable bonds is 13. The summed E-state index contributed by atoms with van der Waals surface area (Å²) in [5.41, 5.74) is 4.64. The van der Waals surface area contributed by atoms with Crippen molar-refractivity contribution in [1.82, 2.24) is 4.98 Å². The summed E-state index contributed by atoms with van der Waals surface area (Å²) >= 11 is 1.69. The molecule has 0 amide bonds. The van der Waals surface area contributed by atoms with Crippen LogP contribution in [0.2, 0.25) is 0 Å². The molecule has 4 aromatic carbocycles. The number of oxime groups is 1. The molecule has 5 aromatic rings. The average molecular weight is 627 g/mol. The van der Waals surface area contributed by atoms with Crippen molar-refractivity contribution >= 4 is 27.3 Å². The van der Waals surface area contributed by atoms with E-state index in [1.54, 1.807) is 39.8 Å². The van der Waals surface area contributed by atoms with Crippen LogP contribution in [0, 0.1) is 0 Å². The fourth-order valence-electron chi connectivity index (χ4n) is 5.10. The van der Waals surface area contributed by atoms with E-state index >= 15 is 0 Å². The van der Waals surface area contributed by atoms with Gasteiger partial charge in [0.15, 0.2) is 29.1 Å². The summed E-state index contributed by atoms with van der Waals surface area (Å²) in [6.45, 7) is 0.975. The van der Waals surface area contributed by atoms with E-state index in [4.69, 9.17) is 38.2 Å². The molecule has 45 heavy (non-hydrogen) atoms. The van der Waals surface area contributed by atoms with Gasteiger partial charge in [-0.3, -0.25) is 0 Å². The standard InChI is InChI=1S/C35H34N2O7S/c1-38-28-15-12-23(29-21-27(37-44-29)24-19-31(39-2)34(41-4)32(20-24)40-3)18-30(28)43-17-7-16-42-25-13-10-22(11-14-25)35-36-26-8-5-6-9-33(26)45-35/h5-6,8-15,18-20,29H,7,16-17,21H2,1-4H3. The summed E-state index contributed by atoms with van der Waals surface area (Å²) in [7, 11) is 6.38. The predicted molar refractivity (Wildman–Crippen MR) is 175 cm³/mol. The van der Waals surface area contributed by atoms with Gasteiger partial charge in [0.2, 0.25) is 5.75 Å². The highest BCUT2D eigenvalue weighted by atomic mass is 32.1. The van der Waals surface area contributed by atoms with E-state index in [-0.39, 0.29) is 6.10 Å². The number of hydrogen-bond donors (Lipinski definition) is 0. The monoisotopic (exact) mass is 626 g/mol. The first-order chi connectivity index (χ1) is 22.1. The minimum Gasteiger partial charge on any atom is -0.493 e. The molecule has 0 radical (unpaired) electrons. The summed E-state index contributed by atoms with van der Waals surface area (Å²) < 4.78 is 35.3. The van der Waals surface area contributed by atoms with Crippen molar-refractivity contribution in [2.75, 3.05) is 41.7 Å². The Morgan fingerprint density at radius 2 is 1.47 bits per heavy atom. The van der Waals surface area contributed by atoms with Crippen molar-refractivity contribution < 1.29 is 33.3 Å². The van der Waals surface area contributed by atoms with Crippen molar-refractivity contribution in [1.29, 1.82) is 0 Å². The van der Waals surface area contributed by atoms with Crippen molar-refractivity contribution in [3.05, 3.63) is 90.0 Å². The Labute approximate surface area is 265 Å². The molecule has 1 aromatic heterocycles. The van der Waals surface area contributed by atoms with Crippen LogP contribution in [0.4, 0.5) is 0 Å². The second-order valence-corrected chi connectivity index (χ2v) is 11.3. The number of hydrogen-bond acceptors (Lipinski definition) is 10. The van der Waals surface area contributed by atoms with Gasteiger partial charge in [-0.05, 0) is 66.2 Å². The molecule has 10 heteroatoms. The smallest absolute Gasteiger partial charge is 0.203 e. The van der Waals surface area contributed by atoms with Gasteiger partial charge >= 0.3 is 0 Å². The first-order valence-electron chi connectivity index (χ1n) is 14.5. The second-order valence-electron chi connectivity index (χ2n) is 10.2. The lowest BCUT2D eigenvalue weighted by molar-refractivity contribution is 0.0854. The van der Waals surface area contributed by atoms with Gasteiger partial charge in [-0.1, -0.05) is 23.4 Å². The van der Waals surface area contributed by atoms with E-state index in [1.807, 2.05) is 72.8 Å². The maximum absolute atomic E-state index is 6.12. The van der Waals surface area contributed by atoms with Crippen molar-refractivity contribution in [3.63, 3.8) is 0 Å². The van der Waals surface area contributed by atoms with E-state index in [9.17, 15) is 0 Å². The van der Waals surface area contributed by atoms with Gasteiger partial charge in [0.25, 0.3) is 0 Å². The van der Waals surface area contributed by atoms with Gasteiger partial charge < -0.3 is 33.3 Å². The number of nitrogens with zero attached hydrogens (tertiary/aromatic N) is 2. The molecular formula is C35H34N2O7S. The molecule has 0 spiro atoms. The second kappa shape index (κ2) is 13.8. The van der Waals surface area contributed by atoms with Gasteiger partial charge in [0.05, 0.1) is 57.6 Å². The number of benzene rings is 4. The van der Waals surface area contributed by atoms with Crippen LogP contribution >= 0.6 is 11.3 Å². The van der Waals surface area contributed by atoms with Crippen molar-refractivity contribution in [3.8, 4) is 45.1 Å². The Kier molecular flexibility index (Phi) is 9.21. The molecule has 232 valence electrons. The number of methoxy groups -OCH3 is 4. The predicted octanol–water partition coefficient (Wildman–Crippen LogP) is 7.71. The summed E-state index contributed by atoms with van der Waals surface area (Å²) in [5, 5.41) is 5.36. The minimum absolute atomic E-state index is 0.276. The Morgan fingerprint density at radius 3 is 2.18 bits per heavy atom. The van der Waals surface area contributed by atoms with Gasteiger partial charge in [0.1, 0.15) is 10.8 Å². The van der Waals surface area contributed by atoms with Gasteiger partial charge in [-0.15, -0.1) is 11.3 Å². The molecule has 9 nitrogen and oxygen atoms in total. The van der Waals surface area contributed by atoms with Crippen LogP contribution in [0.15, 0.2) is 84.0 Å². The van der Waals surface area contributed by atoms with E-state index in [0.29, 0.717) is 54.8 Å². The van der Waals surface area contributed by atoms with Crippen LogP contribution < -0.4 is 28.4 Å². The molecule has 1 atom stereocenters. The molecule has 1 aliphatic rings. The number of aromatic nitrogens is 1. The summed E-state index contributed by atoms with van der Waals surface area (Å²) in [5.74, 6) is 3.74. The lowest BCUT2D eigenvalue weighted by atomic mass is 9.99. The highest BCUT2D eigenvalue weighted by Crippen LogP contribution is 2.41. The SMILES string of the molecule is COc1ccc(C2CC(c3cc(OC)c(OC)c(OC)c3)=NO2)cc1OCCCOc1ccc(-c2nc3ccccc3s2)cc1. The molecular weight excluding hydrogens is 592 g/mol. The topological polar surface area (TPSA) is 89.9 Å². The highest BCUT2D eigenvalue weighted by molar-refractivity contribution is 7.21. The Morgan fingerprint density at radius 1 is 0.733 bits per heavy atom. The van der Waals surface area contributed by atoms with Crippen molar-refractivity contribution in [2.45, 2.75) is 18.9 Å². The quantitative estimate of drug-likeness (QED) is 0.123. The molecule has 0 saturated heterocycles. The largest absolute Gasteiger partial charge is 0.493 e. The molecule has 6 rings (SSSR count). The maximum Gasteiger partial charge on any atom is 0.203 e. The van der Waals surface area contributed by atoms with Crippen LogP contribution in [0.1, 0.15) is 30.1 Å². The zero-order valence-electron chi connectivity index (χ0n) is 25.6. The minimum atomic E-state index is -0.276. The molecule has 0 fully saturated rings. The first kappa shape index (κ1) is 30.1. The highest BCUT2D eigenvalue weighted by Gasteiger charge is 2.27. The Hall–Kier alpha value is -4.96. The summed E-state index contributed by atoms with van der Waals surface area (Å²) in [6.07, 6.45) is 0.985. The van der Waals surface area contributed by atoms with Crippen LogP contribution in [-0.2, 0) is 4.84 Å². The fraction of sp³-hybridized carbons (Fsp3) is 0.257. The van der Waals surface area contributed by atoms with Crippen LogP contribution in [0.3, 0.4) is 0 Å². The molecule has 0 N–H and O–H groups in total. The van der Waals surface area contributed by atoms with Crippen LogP contribution in [0.5, 0.6) is 34.5 Å². The maximum atomic E-state index is 6.12. The van der Waals surface area contributed by atoms with E-state index < -0.39 is 0 Å². The third-order valence-corrected chi connectivity index (χ3v) is 8.52. The molecule has 0 bridgehead atoms. The molecule has 1 unspecified atom stereocenters. The number of thiazole rings is 1. The molecule has 1 aliphatic heterocycles. The first-order valence-corrected chi connectivity index (χ1v) is 15.3. The lowest BCUT2D eigenvalue weighted by Crippen LogP contribution is -2.07. The third kappa shape index (κ3) is 6.61. The van der Waals surface area contributed by atoms with Crippen molar-refractivity contribution in [2.24, 2.45) is 5.16 Å². The number of para-hydroxylation sites is 1. The zero-order valence-corrected chi connectivity index (χ0v) is 26.4. The third-order valence-electron chi connectivity index (χ3n) is 7.44. The lowest BCUT2D eigenvalue weighted by Gasteiger charge is -2.15.